The van der Waals surface area contributed by atoms with Crippen LogP contribution in [-0.2, 0) is 0 Å². The predicted molar refractivity (Wildman–Crippen MR) is 140 cm³/mol. The van der Waals surface area contributed by atoms with Gasteiger partial charge in [0.1, 0.15) is 24.4 Å². The summed E-state index contributed by atoms with van der Waals surface area (Å²) in [6.45, 7) is 4.93. The van der Waals surface area contributed by atoms with Crippen LogP contribution in [0.4, 0.5) is 0 Å². The van der Waals surface area contributed by atoms with E-state index in [1.54, 1.807) is 0 Å². The molecule has 0 fully saturated rings. The number of aliphatic hydroxyl groups excluding tert-OH is 6. The molecule has 2 aromatic carbocycles. The third-order valence-corrected chi connectivity index (χ3v) is 6.98. The van der Waals surface area contributed by atoms with Crippen molar-refractivity contribution < 1.29 is 30.6 Å². The smallest absolute Gasteiger partial charge is 0.111 e. The maximum absolute atomic E-state index is 11.2. The van der Waals surface area contributed by atoms with E-state index in [9.17, 15) is 25.5 Å². The molecule has 186 valence electrons. The highest BCUT2D eigenvalue weighted by Crippen LogP contribution is 2.30. The largest absolute Gasteiger partial charge is 0.394 e. The number of benzene rings is 2. The van der Waals surface area contributed by atoms with E-state index >= 15 is 0 Å². The summed E-state index contributed by atoms with van der Waals surface area (Å²) in [5, 5.41) is 61.0. The first-order valence-electron chi connectivity index (χ1n) is 11.2. The normalized spacial score (nSPS) is 17.8. The quantitative estimate of drug-likeness (QED) is 0.191. The highest BCUT2D eigenvalue weighted by Gasteiger charge is 2.41. The Kier molecular flexibility index (Phi) is 10.9. The molecule has 0 heterocycles. The third kappa shape index (κ3) is 7.19. The second-order valence-corrected chi connectivity index (χ2v) is 9.88. The molecule has 34 heavy (non-hydrogen) atoms. The average Bonchev–Trinajstić information content (AvgIpc) is 2.81. The maximum atomic E-state index is 11.2. The summed E-state index contributed by atoms with van der Waals surface area (Å²) in [5.41, 5.74) is 3.62. The van der Waals surface area contributed by atoms with Crippen molar-refractivity contribution in [1.29, 1.82) is 0 Å². The first kappa shape index (κ1) is 28.6. The standard InChI is InChI=1S/C26H34O6S2/c1-14-6-4-8-17(10-14)20(33)12-16(3)21(26(34)18-9-5-7-15(2)11-18)23(30)25(32)24(31)22(29)19(28)13-27/h4-11,16,19,21-25,27-32H,12-13H2,1-3H3/t16?,19-,21?,22+,23?,24-,25+/m0/s1. The minimum absolute atomic E-state index is 0.335. The van der Waals surface area contributed by atoms with Gasteiger partial charge in [0.2, 0.25) is 0 Å². The van der Waals surface area contributed by atoms with Crippen molar-refractivity contribution in [3.8, 4) is 0 Å². The lowest BCUT2D eigenvalue weighted by Gasteiger charge is -2.36. The Morgan fingerprint density at radius 2 is 1.26 bits per heavy atom. The SMILES string of the molecule is Cc1cccc(C(=S)CC(C)C(C(=S)c2cccc(C)c2)C(O)[C@@H](O)[C@@H](O)[C@H](O)[C@@H](O)CO)c1. The van der Waals surface area contributed by atoms with Crippen LogP contribution in [0, 0.1) is 25.7 Å². The zero-order valence-corrected chi connectivity index (χ0v) is 21.2. The molecular formula is C26H34O6S2. The molecular weight excluding hydrogens is 472 g/mol. The van der Waals surface area contributed by atoms with Gasteiger partial charge in [-0.2, -0.15) is 0 Å². The van der Waals surface area contributed by atoms with Crippen molar-refractivity contribution in [3.63, 3.8) is 0 Å². The zero-order chi connectivity index (χ0) is 25.6. The monoisotopic (exact) mass is 506 g/mol. The van der Waals surface area contributed by atoms with Crippen molar-refractivity contribution in [2.24, 2.45) is 11.8 Å². The van der Waals surface area contributed by atoms with Crippen molar-refractivity contribution in [2.75, 3.05) is 6.61 Å². The third-order valence-electron chi connectivity index (χ3n) is 6.06. The van der Waals surface area contributed by atoms with Gasteiger partial charge in [0, 0.05) is 15.6 Å². The van der Waals surface area contributed by atoms with Gasteiger partial charge in [-0.3, -0.25) is 0 Å². The Bertz CT molecular complexity index is 981. The van der Waals surface area contributed by atoms with Gasteiger partial charge in [-0.05, 0) is 37.3 Å². The van der Waals surface area contributed by atoms with Crippen molar-refractivity contribution in [2.45, 2.75) is 57.7 Å². The summed E-state index contributed by atoms with van der Waals surface area (Å²) in [6, 6.07) is 15.2. The molecule has 7 atom stereocenters. The number of aryl methyl sites for hydroxylation is 2. The molecule has 0 aliphatic rings. The number of hydrogen-bond donors (Lipinski definition) is 6. The van der Waals surface area contributed by atoms with Crippen molar-refractivity contribution >= 4 is 34.2 Å². The highest BCUT2D eigenvalue weighted by atomic mass is 32.1. The van der Waals surface area contributed by atoms with Gasteiger partial charge in [-0.1, -0.05) is 91.0 Å². The van der Waals surface area contributed by atoms with Crippen LogP contribution >= 0.6 is 24.4 Å². The molecule has 6 N–H and O–H groups in total. The van der Waals surface area contributed by atoms with Crippen LogP contribution in [0.25, 0.3) is 0 Å². The Morgan fingerprint density at radius 3 is 1.79 bits per heavy atom. The van der Waals surface area contributed by atoms with Crippen molar-refractivity contribution in [1.82, 2.24) is 0 Å². The van der Waals surface area contributed by atoms with Gasteiger partial charge < -0.3 is 30.6 Å². The van der Waals surface area contributed by atoms with Gasteiger partial charge in [0.05, 0.1) is 12.7 Å². The van der Waals surface area contributed by atoms with Crippen LogP contribution in [0.15, 0.2) is 48.5 Å². The average molecular weight is 507 g/mol. The minimum Gasteiger partial charge on any atom is -0.394 e. The van der Waals surface area contributed by atoms with Crippen molar-refractivity contribution in [3.05, 3.63) is 70.8 Å². The number of thiocarbonyl (C=S) groups is 2. The molecule has 2 aromatic rings. The van der Waals surface area contributed by atoms with Gasteiger partial charge in [-0.25, -0.2) is 0 Å². The van der Waals surface area contributed by atoms with E-state index in [4.69, 9.17) is 29.5 Å². The Labute approximate surface area is 211 Å². The van der Waals surface area contributed by atoms with E-state index in [0.29, 0.717) is 21.7 Å². The minimum atomic E-state index is -1.91. The molecule has 0 aliphatic heterocycles. The molecule has 0 amide bonds. The second kappa shape index (κ2) is 12.9. The highest BCUT2D eigenvalue weighted by molar-refractivity contribution is 7.81. The molecule has 0 radical (unpaired) electrons. The second-order valence-electron chi connectivity index (χ2n) is 8.95. The van der Waals surface area contributed by atoms with E-state index in [0.717, 1.165) is 16.7 Å². The fourth-order valence-electron chi connectivity index (χ4n) is 4.05. The maximum Gasteiger partial charge on any atom is 0.111 e. The Morgan fingerprint density at radius 1 is 0.765 bits per heavy atom. The molecule has 2 rings (SSSR count). The first-order valence-corrected chi connectivity index (χ1v) is 12.0. The summed E-state index contributed by atoms with van der Waals surface area (Å²) in [7, 11) is 0. The van der Waals surface area contributed by atoms with Crippen LogP contribution < -0.4 is 0 Å². The van der Waals surface area contributed by atoms with Crippen LogP contribution in [-0.4, -0.2) is 77.5 Å². The fourth-order valence-corrected chi connectivity index (χ4v) is 4.94. The lowest BCUT2D eigenvalue weighted by atomic mass is 9.77. The molecule has 0 aliphatic carbocycles. The molecule has 8 heteroatoms. The number of rotatable bonds is 12. The lowest BCUT2D eigenvalue weighted by molar-refractivity contribution is -0.146. The molecule has 3 unspecified atom stereocenters. The topological polar surface area (TPSA) is 121 Å². The summed E-state index contributed by atoms with van der Waals surface area (Å²) >= 11 is 11.4. The van der Waals surface area contributed by atoms with Gasteiger partial charge in [-0.15, -0.1) is 0 Å². The van der Waals surface area contributed by atoms with Gasteiger partial charge in [0.15, 0.2) is 0 Å². The fraction of sp³-hybridized carbons (Fsp3) is 0.462. The van der Waals surface area contributed by atoms with E-state index in [1.807, 2.05) is 69.3 Å². The summed E-state index contributed by atoms with van der Waals surface area (Å²) in [5.74, 6) is -1.14. The van der Waals surface area contributed by atoms with E-state index in [2.05, 4.69) is 0 Å². The van der Waals surface area contributed by atoms with Crippen LogP contribution in [0.1, 0.15) is 35.6 Å². The molecule has 0 saturated heterocycles. The van der Waals surface area contributed by atoms with Crippen LogP contribution in [0.3, 0.4) is 0 Å². The Hall–Kier alpha value is -1.62. The summed E-state index contributed by atoms with van der Waals surface area (Å²) in [4.78, 5) is 1.06. The number of hydrogen-bond acceptors (Lipinski definition) is 8. The van der Waals surface area contributed by atoms with Crippen LogP contribution in [0.5, 0.6) is 0 Å². The predicted octanol–water partition coefficient (Wildman–Crippen LogP) is 1.88. The van der Waals surface area contributed by atoms with E-state index < -0.39 is 43.0 Å². The van der Waals surface area contributed by atoms with E-state index in [-0.39, 0.29) is 5.92 Å². The summed E-state index contributed by atoms with van der Waals surface area (Å²) in [6.07, 6.45) is -8.46. The van der Waals surface area contributed by atoms with E-state index in [1.165, 1.54) is 0 Å². The summed E-state index contributed by atoms with van der Waals surface area (Å²) < 4.78 is 0. The Balaban J connectivity index is 2.36. The molecule has 0 saturated carbocycles. The first-order chi connectivity index (χ1) is 16.0. The molecule has 0 spiro atoms. The zero-order valence-electron chi connectivity index (χ0n) is 19.6. The van der Waals surface area contributed by atoms with Crippen LogP contribution in [0.2, 0.25) is 0 Å². The van der Waals surface area contributed by atoms with Gasteiger partial charge in [0.25, 0.3) is 0 Å². The number of aliphatic hydroxyl groups is 6. The molecule has 0 bridgehead atoms. The lowest BCUT2D eigenvalue weighted by Crippen LogP contribution is -2.53. The van der Waals surface area contributed by atoms with Gasteiger partial charge >= 0.3 is 0 Å². The molecule has 6 nitrogen and oxygen atoms in total. The molecule has 0 aromatic heterocycles.